The number of fused-ring (bicyclic) bond motifs is 1. The van der Waals surface area contributed by atoms with Crippen LogP contribution in [0.5, 0.6) is 5.75 Å². The van der Waals surface area contributed by atoms with Crippen LogP contribution >= 0.6 is 11.3 Å². The molecule has 0 atom stereocenters. The number of carbonyl (C=O) groups excluding carboxylic acids is 1. The van der Waals surface area contributed by atoms with E-state index in [2.05, 4.69) is 4.98 Å². The average molecular weight is 339 g/mol. The summed E-state index contributed by atoms with van der Waals surface area (Å²) < 4.78 is 11.7. The molecule has 0 saturated heterocycles. The van der Waals surface area contributed by atoms with Crippen LogP contribution in [0.15, 0.2) is 54.6 Å². The van der Waals surface area contributed by atoms with Crippen LogP contribution in [0.3, 0.4) is 0 Å². The van der Waals surface area contributed by atoms with Gasteiger partial charge in [-0.25, -0.2) is 9.78 Å². The van der Waals surface area contributed by atoms with Crippen molar-refractivity contribution < 1.29 is 14.3 Å². The minimum atomic E-state index is -0.386. The Kier molecular flexibility index (Phi) is 5.23. The van der Waals surface area contributed by atoms with Crippen LogP contribution in [0.2, 0.25) is 0 Å². The lowest BCUT2D eigenvalue weighted by atomic mass is 10.2. The normalized spacial score (nSPS) is 11.0. The van der Waals surface area contributed by atoms with Gasteiger partial charge in [-0.2, -0.15) is 0 Å². The molecule has 4 nitrogen and oxygen atoms in total. The molecule has 0 unspecified atom stereocenters. The van der Waals surface area contributed by atoms with E-state index in [-0.39, 0.29) is 12.6 Å². The number of carbonyl (C=O) groups is 1. The molecule has 122 valence electrons. The molecule has 3 rings (SSSR count). The van der Waals surface area contributed by atoms with E-state index in [1.54, 1.807) is 6.08 Å². The molecule has 0 N–H and O–H groups in total. The monoisotopic (exact) mass is 339 g/mol. The van der Waals surface area contributed by atoms with Crippen molar-refractivity contribution in [3.05, 3.63) is 65.2 Å². The molecule has 0 fully saturated rings. The number of aromatic nitrogens is 1. The van der Waals surface area contributed by atoms with Crippen LogP contribution in [0, 0.1) is 0 Å². The molecule has 5 heteroatoms. The van der Waals surface area contributed by atoms with Crippen molar-refractivity contribution >= 4 is 33.6 Å². The molecule has 0 aliphatic carbocycles. The zero-order valence-corrected chi connectivity index (χ0v) is 14.1. The van der Waals surface area contributed by atoms with Gasteiger partial charge >= 0.3 is 5.97 Å². The predicted octanol–water partition coefficient (Wildman–Crippen LogP) is 4.45. The summed E-state index contributed by atoms with van der Waals surface area (Å²) in [5.41, 5.74) is 1.84. The largest absolute Gasteiger partial charge is 0.494 e. The van der Waals surface area contributed by atoms with Crippen molar-refractivity contribution in [2.45, 2.75) is 13.5 Å². The molecular weight excluding hydrogens is 322 g/mol. The highest BCUT2D eigenvalue weighted by molar-refractivity contribution is 7.18. The van der Waals surface area contributed by atoms with E-state index in [0.717, 1.165) is 26.5 Å². The Morgan fingerprint density at radius 1 is 1.17 bits per heavy atom. The quantitative estimate of drug-likeness (QED) is 0.492. The molecule has 3 aromatic rings. The van der Waals surface area contributed by atoms with Gasteiger partial charge in [-0.3, -0.25) is 0 Å². The van der Waals surface area contributed by atoms with Gasteiger partial charge in [0.2, 0.25) is 0 Å². The smallest absolute Gasteiger partial charge is 0.331 e. The van der Waals surface area contributed by atoms with Crippen LogP contribution in [0.1, 0.15) is 17.5 Å². The fourth-order valence-corrected chi connectivity index (χ4v) is 3.05. The summed E-state index contributed by atoms with van der Waals surface area (Å²) in [6, 6.07) is 15.4. The van der Waals surface area contributed by atoms with Crippen LogP contribution in [0.25, 0.3) is 16.3 Å². The Morgan fingerprint density at radius 2 is 1.96 bits per heavy atom. The van der Waals surface area contributed by atoms with E-state index in [9.17, 15) is 4.79 Å². The summed E-state index contributed by atoms with van der Waals surface area (Å²) in [5, 5.41) is 0.791. The maximum absolute atomic E-state index is 11.8. The first kappa shape index (κ1) is 16.2. The Balaban J connectivity index is 1.54. The zero-order valence-electron chi connectivity index (χ0n) is 13.3. The first-order valence-corrected chi connectivity index (χ1v) is 8.48. The second-order valence-corrected chi connectivity index (χ2v) is 6.13. The first-order chi connectivity index (χ1) is 11.7. The van der Waals surface area contributed by atoms with Gasteiger partial charge in [0.25, 0.3) is 0 Å². The van der Waals surface area contributed by atoms with Gasteiger partial charge in [0, 0.05) is 6.08 Å². The molecule has 0 saturated carbocycles. The third kappa shape index (κ3) is 4.20. The van der Waals surface area contributed by atoms with Crippen LogP contribution < -0.4 is 4.74 Å². The molecule has 1 aromatic heterocycles. The molecule has 2 aromatic carbocycles. The maximum Gasteiger partial charge on any atom is 0.331 e. The summed E-state index contributed by atoms with van der Waals surface area (Å²) >= 11 is 1.53. The summed E-state index contributed by atoms with van der Waals surface area (Å²) in [6.07, 6.45) is 3.14. The molecule has 0 bridgehead atoms. The Bertz CT molecular complexity index is 819. The van der Waals surface area contributed by atoms with E-state index < -0.39 is 0 Å². The minimum Gasteiger partial charge on any atom is -0.494 e. The minimum absolute atomic E-state index is 0.186. The molecular formula is C19H17NO3S. The van der Waals surface area contributed by atoms with Crippen molar-refractivity contribution in [2.24, 2.45) is 0 Å². The van der Waals surface area contributed by atoms with Gasteiger partial charge in [0.15, 0.2) is 0 Å². The number of nitrogens with zero attached hydrogens (tertiary/aromatic N) is 1. The number of hydrogen-bond acceptors (Lipinski definition) is 5. The average Bonchev–Trinajstić information content (AvgIpc) is 3.02. The molecule has 24 heavy (non-hydrogen) atoms. The van der Waals surface area contributed by atoms with Crippen LogP contribution in [-0.2, 0) is 16.1 Å². The number of benzene rings is 2. The molecule has 0 aliphatic rings. The van der Waals surface area contributed by atoms with Gasteiger partial charge < -0.3 is 9.47 Å². The van der Waals surface area contributed by atoms with E-state index in [4.69, 9.17) is 9.47 Å². The molecule has 0 spiro atoms. The summed E-state index contributed by atoms with van der Waals surface area (Å²) in [4.78, 5) is 16.3. The number of hydrogen-bond donors (Lipinski definition) is 0. The predicted molar refractivity (Wildman–Crippen MR) is 96.1 cm³/mol. The SMILES string of the molecule is CCOc1ccc(/C=C/C(=O)OCc2nc3ccccc3s2)cc1. The number of esters is 1. The summed E-state index contributed by atoms with van der Waals surface area (Å²) in [6.45, 7) is 2.76. The van der Waals surface area contributed by atoms with Crippen LogP contribution in [0.4, 0.5) is 0 Å². The molecule has 0 radical (unpaired) electrons. The summed E-state index contributed by atoms with van der Waals surface area (Å²) in [5.74, 6) is 0.427. The number of thiazole rings is 1. The maximum atomic E-state index is 11.8. The second kappa shape index (κ2) is 7.75. The third-order valence-electron chi connectivity index (χ3n) is 3.28. The lowest BCUT2D eigenvalue weighted by Gasteiger charge is -2.02. The first-order valence-electron chi connectivity index (χ1n) is 7.67. The van der Waals surface area contributed by atoms with Gasteiger partial charge in [-0.15, -0.1) is 11.3 Å². The Hall–Kier alpha value is -2.66. The number of rotatable bonds is 6. The highest BCUT2D eigenvalue weighted by Crippen LogP contribution is 2.22. The number of ether oxygens (including phenoxy) is 2. The lowest BCUT2D eigenvalue weighted by Crippen LogP contribution is -2.00. The fraction of sp³-hybridized carbons (Fsp3) is 0.158. The van der Waals surface area contributed by atoms with E-state index in [1.807, 2.05) is 55.5 Å². The summed E-state index contributed by atoms with van der Waals surface area (Å²) in [7, 11) is 0. The molecule has 0 aliphatic heterocycles. The van der Waals surface area contributed by atoms with Gasteiger partial charge in [-0.05, 0) is 42.8 Å². The second-order valence-electron chi connectivity index (χ2n) is 5.02. The van der Waals surface area contributed by atoms with E-state index in [0.29, 0.717) is 6.61 Å². The highest BCUT2D eigenvalue weighted by atomic mass is 32.1. The van der Waals surface area contributed by atoms with Crippen molar-refractivity contribution in [3.8, 4) is 5.75 Å². The van der Waals surface area contributed by atoms with Crippen molar-refractivity contribution in [3.63, 3.8) is 0 Å². The topological polar surface area (TPSA) is 48.4 Å². The van der Waals surface area contributed by atoms with Gasteiger partial charge in [0.1, 0.15) is 17.4 Å². The molecule has 1 heterocycles. The van der Waals surface area contributed by atoms with Crippen LogP contribution in [-0.4, -0.2) is 17.6 Å². The number of para-hydroxylation sites is 1. The van der Waals surface area contributed by atoms with Gasteiger partial charge in [-0.1, -0.05) is 24.3 Å². The Labute approximate surface area is 144 Å². The third-order valence-corrected chi connectivity index (χ3v) is 4.29. The van der Waals surface area contributed by atoms with Crippen molar-refractivity contribution in [1.82, 2.24) is 4.98 Å². The van der Waals surface area contributed by atoms with E-state index >= 15 is 0 Å². The standard InChI is InChI=1S/C19H17NO3S/c1-2-22-15-10-7-14(8-11-15)9-12-19(21)23-13-18-20-16-5-3-4-6-17(16)24-18/h3-12H,2,13H2,1H3/b12-9+. The van der Waals surface area contributed by atoms with Crippen molar-refractivity contribution in [2.75, 3.05) is 6.61 Å². The lowest BCUT2D eigenvalue weighted by molar-refractivity contribution is -0.138. The fourth-order valence-electron chi connectivity index (χ4n) is 2.17. The van der Waals surface area contributed by atoms with E-state index in [1.165, 1.54) is 17.4 Å². The molecule has 0 amide bonds. The van der Waals surface area contributed by atoms with Gasteiger partial charge in [0.05, 0.1) is 16.8 Å². The Morgan fingerprint density at radius 3 is 2.71 bits per heavy atom. The highest BCUT2D eigenvalue weighted by Gasteiger charge is 2.05. The van der Waals surface area contributed by atoms with Crippen molar-refractivity contribution in [1.29, 1.82) is 0 Å². The zero-order chi connectivity index (χ0) is 16.8.